The first-order valence-corrected chi connectivity index (χ1v) is 8.52. The molecule has 0 aliphatic carbocycles. The molecule has 1 saturated heterocycles. The Bertz CT molecular complexity index is 902. The van der Waals surface area contributed by atoms with E-state index in [2.05, 4.69) is 21.8 Å². The highest BCUT2D eigenvalue weighted by atomic mass is 16.1. The van der Waals surface area contributed by atoms with Gasteiger partial charge in [-0.2, -0.15) is 0 Å². The number of nitrogens with zero attached hydrogens (tertiary/aromatic N) is 4. The van der Waals surface area contributed by atoms with Gasteiger partial charge in [0.05, 0.1) is 11.0 Å². The minimum absolute atomic E-state index is 0.0761. The van der Waals surface area contributed by atoms with Crippen molar-refractivity contribution in [3.8, 4) is 0 Å². The maximum Gasteiger partial charge on any atom is 0.215 e. The molecule has 0 amide bonds. The van der Waals surface area contributed by atoms with Gasteiger partial charge in [-0.15, -0.1) is 0 Å². The topological polar surface area (TPSA) is 49.3 Å². The van der Waals surface area contributed by atoms with Crippen molar-refractivity contribution in [2.24, 2.45) is 0 Å². The second-order valence-corrected chi connectivity index (χ2v) is 6.37. The highest BCUT2D eigenvalue weighted by Gasteiger charge is 2.24. The summed E-state index contributed by atoms with van der Waals surface area (Å²) < 4.78 is 0. The van der Waals surface area contributed by atoms with Gasteiger partial charge in [0.15, 0.2) is 11.5 Å². The van der Waals surface area contributed by atoms with Crippen LogP contribution in [0.25, 0.3) is 11.0 Å². The number of ketones is 1. The molecule has 0 saturated carbocycles. The molecule has 0 radical (unpaired) electrons. The summed E-state index contributed by atoms with van der Waals surface area (Å²) in [6.45, 7) is 3.60. The minimum Gasteiger partial charge on any atom is -0.352 e. The lowest BCUT2D eigenvalue weighted by Gasteiger charge is -2.33. The lowest BCUT2D eigenvalue weighted by Crippen LogP contribution is -2.45. The number of hydrogen-bond acceptors (Lipinski definition) is 5. The molecule has 1 aliphatic heterocycles. The van der Waals surface area contributed by atoms with Gasteiger partial charge in [-0.05, 0) is 19.2 Å². The Balaban J connectivity index is 1.83. The Morgan fingerprint density at radius 3 is 2.12 bits per heavy atom. The van der Waals surface area contributed by atoms with Crippen molar-refractivity contribution in [3.05, 3.63) is 65.9 Å². The van der Waals surface area contributed by atoms with E-state index in [1.165, 1.54) is 0 Å². The Hall–Kier alpha value is -2.79. The summed E-state index contributed by atoms with van der Waals surface area (Å²) in [5, 5.41) is 0. The van der Waals surface area contributed by atoms with Crippen molar-refractivity contribution in [2.75, 3.05) is 38.1 Å². The predicted octanol–water partition coefficient (Wildman–Crippen LogP) is 2.61. The second kappa shape index (κ2) is 6.61. The molecule has 1 aromatic heterocycles. The van der Waals surface area contributed by atoms with Crippen molar-refractivity contribution in [1.29, 1.82) is 0 Å². The van der Waals surface area contributed by atoms with Crippen LogP contribution in [-0.4, -0.2) is 53.9 Å². The largest absolute Gasteiger partial charge is 0.352 e. The summed E-state index contributed by atoms with van der Waals surface area (Å²) in [6, 6.07) is 17.0. The van der Waals surface area contributed by atoms with Crippen molar-refractivity contribution in [1.82, 2.24) is 14.9 Å². The fraction of sp³-hybridized carbons (Fsp3) is 0.250. The van der Waals surface area contributed by atoms with Crippen LogP contribution in [-0.2, 0) is 0 Å². The highest BCUT2D eigenvalue weighted by molar-refractivity contribution is 6.11. The van der Waals surface area contributed by atoms with E-state index in [1.807, 2.05) is 54.6 Å². The van der Waals surface area contributed by atoms with Gasteiger partial charge in [0, 0.05) is 31.7 Å². The summed E-state index contributed by atoms with van der Waals surface area (Å²) in [6.07, 6.45) is 0. The van der Waals surface area contributed by atoms with E-state index in [4.69, 9.17) is 4.98 Å². The van der Waals surface area contributed by atoms with E-state index in [1.54, 1.807) is 0 Å². The molecule has 0 spiro atoms. The molecule has 126 valence electrons. The van der Waals surface area contributed by atoms with Crippen LogP contribution in [0, 0.1) is 0 Å². The van der Waals surface area contributed by atoms with Gasteiger partial charge in [0.1, 0.15) is 0 Å². The highest BCUT2D eigenvalue weighted by Crippen LogP contribution is 2.24. The fourth-order valence-electron chi connectivity index (χ4n) is 3.11. The number of likely N-dealkylation sites (N-methyl/N-ethyl adjacent to an activating group) is 1. The summed E-state index contributed by atoms with van der Waals surface area (Å²) in [5.74, 6) is 0.619. The number of hydrogen-bond donors (Lipinski definition) is 0. The summed E-state index contributed by atoms with van der Waals surface area (Å²) >= 11 is 0. The van der Waals surface area contributed by atoms with Crippen LogP contribution in [0.5, 0.6) is 0 Å². The molecule has 1 aliphatic rings. The van der Waals surface area contributed by atoms with Gasteiger partial charge >= 0.3 is 0 Å². The van der Waals surface area contributed by atoms with Crippen LogP contribution in [0.1, 0.15) is 16.1 Å². The number of piperazine rings is 1. The summed E-state index contributed by atoms with van der Waals surface area (Å²) in [4.78, 5) is 27.0. The molecule has 0 atom stereocenters. The molecule has 25 heavy (non-hydrogen) atoms. The number of carbonyl (C=O) groups is 1. The van der Waals surface area contributed by atoms with Gasteiger partial charge in [0.25, 0.3) is 0 Å². The van der Waals surface area contributed by atoms with E-state index >= 15 is 0 Å². The number of benzene rings is 2. The monoisotopic (exact) mass is 332 g/mol. The van der Waals surface area contributed by atoms with Gasteiger partial charge < -0.3 is 9.80 Å². The Morgan fingerprint density at radius 2 is 1.44 bits per heavy atom. The third kappa shape index (κ3) is 3.10. The lowest BCUT2D eigenvalue weighted by molar-refractivity contribution is 0.103. The maximum absolute atomic E-state index is 13.1. The number of carbonyl (C=O) groups excluding carboxylic acids is 1. The van der Waals surface area contributed by atoms with Gasteiger partial charge in [-0.25, -0.2) is 9.97 Å². The van der Waals surface area contributed by atoms with Gasteiger partial charge in [-0.1, -0.05) is 42.5 Å². The van der Waals surface area contributed by atoms with E-state index < -0.39 is 0 Å². The Kier molecular flexibility index (Phi) is 4.15. The maximum atomic E-state index is 13.1. The van der Waals surface area contributed by atoms with E-state index in [0.717, 1.165) is 37.2 Å². The quantitative estimate of drug-likeness (QED) is 0.690. The zero-order valence-electron chi connectivity index (χ0n) is 14.2. The number of rotatable bonds is 3. The lowest BCUT2D eigenvalue weighted by atomic mass is 10.1. The predicted molar refractivity (Wildman–Crippen MR) is 99.1 cm³/mol. The zero-order chi connectivity index (χ0) is 17.2. The first-order valence-electron chi connectivity index (χ1n) is 8.52. The average molecular weight is 332 g/mol. The minimum atomic E-state index is -0.0761. The van der Waals surface area contributed by atoms with E-state index in [9.17, 15) is 4.79 Å². The first kappa shape index (κ1) is 15.7. The molecular formula is C20H20N4O. The number of fused-ring (bicyclic) bond motifs is 1. The molecule has 5 nitrogen and oxygen atoms in total. The second-order valence-electron chi connectivity index (χ2n) is 6.37. The summed E-state index contributed by atoms with van der Waals surface area (Å²) in [5.41, 5.74) is 2.65. The third-order valence-corrected chi connectivity index (χ3v) is 4.61. The number of aromatic nitrogens is 2. The molecule has 0 N–H and O–H groups in total. The van der Waals surface area contributed by atoms with Crippen molar-refractivity contribution in [2.45, 2.75) is 0 Å². The molecular weight excluding hydrogens is 312 g/mol. The molecule has 2 aromatic carbocycles. The van der Waals surface area contributed by atoms with Gasteiger partial charge in [-0.3, -0.25) is 4.79 Å². The molecule has 0 unspecified atom stereocenters. The summed E-state index contributed by atoms with van der Waals surface area (Å²) in [7, 11) is 2.11. The van der Waals surface area contributed by atoms with Gasteiger partial charge in [0.2, 0.25) is 5.78 Å². The molecule has 2 heterocycles. The number of anilines is 1. The van der Waals surface area contributed by atoms with E-state index in [-0.39, 0.29) is 5.78 Å². The van der Waals surface area contributed by atoms with Crippen molar-refractivity contribution in [3.63, 3.8) is 0 Å². The standard InChI is InChI=1S/C20H20N4O/c1-23-11-13-24(14-12-23)20-18(19(25)15-7-3-2-4-8-15)21-16-9-5-6-10-17(16)22-20/h2-10H,11-14H2,1H3. The van der Waals surface area contributed by atoms with Crippen molar-refractivity contribution < 1.29 is 4.79 Å². The van der Waals surface area contributed by atoms with E-state index in [0.29, 0.717) is 17.1 Å². The third-order valence-electron chi connectivity index (χ3n) is 4.61. The molecule has 1 fully saturated rings. The van der Waals surface area contributed by atoms with Crippen LogP contribution >= 0.6 is 0 Å². The fourth-order valence-corrected chi connectivity index (χ4v) is 3.11. The van der Waals surface area contributed by atoms with Crippen LogP contribution in [0.3, 0.4) is 0 Å². The average Bonchev–Trinajstić information content (AvgIpc) is 2.68. The number of para-hydroxylation sites is 2. The zero-order valence-corrected chi connectivity index (χ0v) is 14.2. The van der Waals surface area contributed by atoms with Crippen LogP contribution in [0.15, 0.2) is 54.6 Å². The smallest absolute Gasteiger partial charge is 0.215 e. The molecule has 0 bridgehead atoms. The Morgan fingerprint density at radius 1 is 0.840 bits per heavy atom. The van der Waals surface area contributed by atoms with Crippen molar-refractivity contribution >= 4 is 22.6 Å². The molecule has 5 heteroatoms. The normalized spacial score (nSPS) is 15.5. The van der Waals surface area contributed by atoms with Crippen LogP contribution in [0.4, 0.5) is 5.82 Å². The first-order chi connectivity index (χ1) is 12.2. The van der Waals surface area contributed by atoms with Crippen LogP contribution in [0.2, 0.25) is 0 Å². The molecule has 3 aromatic rings. The van der Waals surface area contributed by atoms with Crippen LogP contribution < -0.4 is 4.90 Å². The SMILES string of the molecule is CN1CCN(c2nc3ccccc3nc2C(=O)c2ccccc2)CC1. The molecule has 4 rings (SSSR count). The Labute approximate surface area is 146 Å².